The Morgan fingerprint density at radius 2 is 1.97 bits per heavy atom. The van der Waals surface area contributed by atoms with Gasteiger partial charge in [-0.25, -0.2) is 4.68 Å². The fraction of sp³-hybridized carbons (Fsp3) is 0.522. The molecule has 2 rings (SSSR count). The summed E-state index contributed by atoms with van der Waals surface area (Å²) in [5.74, 6) is 1.13. The van der Waals surface area contributed by atoms with Crippen molar-refractivity contribution in [2.45, 2.75) is 46.6 Å². The van der Waals surface area contributed by atoms with E-state index in [1.54, 1.807) is 11.8 Å². The molecule has 0 saturated carbocycles. The largest absolute Gasteiger partial charge is 0.382 e. The summed E-state index contributed by atoms with van der Waals surface area (Å²) in [7, 11) is 1.72. The highest BCUT2D eigenvalue weighted by molar-refractivity contribution is 14.0. The average molecular weight is 553 g/mol. The maximum atomic E-state index is 9.55. The van der Waals surface area contributed by atoms with Crippen LogP contribution in [0.1, 0.15) is 45.4 Å². The summed E-state index contributed by atoms with van der Waals surface area (Å²) >= 11 is 0. The number of ether oxygens (including phenoxy) is 1. The highest BCUT2D eigenvalue weighted by atomic mass is 127. The van der Waals surface area contributed by atoms with Crippen molar-refractivity contribution >= 4 is 35.8 Å². The number of nitrogens with two attached hydrogens (primary N) is 1. The minimum atomic E-state index is 0. The average Bonchev–Trinajstić information content (AvgIpc) is 3.06. The highest BCUT2D eigenvalue weighted by Crippen LogP contribution is 2.22. The number of para-hydroxylation sites is 1. The van der Waals surface area contributed by atoms with Crippen LogP contribution >= 0.6 is 24.0 Å². The number of nitrogens with one attached hydrogen (secondary N) is 2. The van der Waals surface area contributed by atoms with E-state index < -0.39 is 0 Å². The van der Waals surface area contributed by atoms with Crippen molar-refractivity contribution in [1.82, 2.24) is 20.4 Å². The van der Waals surface area contributed by atoms with Gasteiger partial charge in [0.25, 0.3) is 0 Å². The van der Waals surface area contributed by atoms with Crippen LogP contribution in [0, 0.1) is 16.7 Å². The number of nitriles is 1. The lowest BCUT2D eigenvalue weighted by Gasteiger charge is -2.28. The molecule has 9 heteroatoms. The van der Waals surface area contributed by atoms with E-state index in [1.807, 2.05) is 37.3 Å². The molecule has 4 N–H and O–H groups in total. The second-order valence-corrected chi connectivity index (χ2v) is 8.41. The normalized spacial score (nSPS) is 12.6. The van der Waals surface area contributed by atoms with Crippen molar-refractivity contribution in [3.63, 3.8) is 0 Å². The Bertz CT molecular complexity index is 898. The fourth-order valence-corrected chi connectivity index (χ4v) is 3.22. The summed E-state index contributed by atoms with van der Waals surface area (Å²) in [6.07, 6.45) is 1.46. The Morgan fingerprint density at radius 1 is 1.28 bits per heavy atom. The molecule has 0 fully saturated rings. The number of aryl methyl sites for hydroxylation is 1. The van der Waals surface area contributed by atoms with Gasteiger partial charge in [-0.05, 0) is 37.3 Å². The molecule has 0 spiro atoms. The zero-order valence-corrected chi connectivity index (χ0v) is 22.0. The number of anilines is 1. The predicted octanol–water partition coefficient (Wildman–Crippen LogP) is 3.49. The SMILES string of the molecule is CCNC(=NCC(OC)C(C)(C)C)NCCCc1nn(-c2ccccc2)c(N)c1C#N.I. The van der Waals surface area contributed by atoms with Crippen LogP contribution in [0.3, 0.4) is 0 Å². The summed E-state index contributed by atoms with van der Waals surface area (Å²) in [5.41, 5.74) is 8.18. The first-order valence-corrected chi connectivity index (χ1v) is 10.7. The lowest BCUT2D eigenvalue weighted by molar-refractivity contribution is 0.0241. The summed E-state index contributed by atoms with van der Waals surface area (Å²) in [5, 5.41) is 20.7. The monoisotopic (exact) mass is 553 g/mol. The number of halogens is 1. The smallest absolute Gasteiger partial charge is 0.191 e. The van der Waals surface area contributed by atoms with Crippen molar-refractivity contribution in [3.05, 3.63) is 41.6 Å². The summed E-state index contributed by atoms with van der Waals surface area (Å²) in [4.78, 5) is 4.66. The van der Waals surface area contributed by atoms with Gasteiger partial charge < -0.3 is 21.1 Å². The van der Waals surface area contributed by atoms with E-state index in [1.165, 1.54) is 0 Å². The first-order valence-electron chi connectivity index (χ1n) is 10.7. The molecule has 0 bridgehead atoms. The van der Waals surface area contributed by atoms with Gasteiger partial charge in [-0.15, -0.1) is 24.0 Å². The number of guanidine groups is 1. The number of hydrogen-bond donors (Lipinski definition) is 3. The molecule has 32 heavy (non-hydrogen) atoms. The van der Waals surface area contributed by atoms with Crippen LogP contribution in [0.4, 0.5) is 5.82 Å². The summed E-state index contributed by atoms with van der Waals surface area (Å²) in [6.45, 7) is 10.5. The van der Waals surface area contributed by atoms with Gasteiger partial charge in [-0.3, -0.25) is 4.99 Å². The Hall–Kier alpha value is -2.32. The Labute approximate surface area is 208 Å². The number of hydrogen-bond acceptors (Lipinski definition) is 5. The number of rotatable bonds is 9. The van der Waals surface area contributed by atoms with Crippen LogP contribution in [0.15, 0.2) is 35.3 Å². The molecule has 8 nitrogen and oxygen atoms in total. The van der Waals surface area contributed by atoms with Gasteiger partial charge in [0.1, 0.15) is 17.5 Å². The van der Waals surface area contributed by atoms with Gasteiger partial charge in [0.05, 0.1) is 24.0 Å². The van der Waals surface area contributed by atoms with E-state index >= 15 is 0 Å². The first-order chi connectivity index (χ1) is 14.8. The second-order valence-electron chi connectivity index (χ2n) is 8.41. The predicted molar refractivity (Wildman–Crippen MR) is 141 cm³/mol. The first kappa shape index (κ1) is 27.7. The van der Waals surface area contributed by atoms with Gasteiger partial charge in [-0.1, -0.05) is 39.0 Å². The van der Waals surface area contributed by atoms with E-state index in [9.17, 15) is 5.26 Å². The van der Waals surface area contributed by atoms with Gasteiger partial charge in [0, 0.05) is 20.2 Å². The molecule has 1 aromatic carbocycles. The van der Waals surface area contributed by atoms with E-state index in [-0.39, 0.29) is 35.5 Å². The van der Waals surface area contributed by atoms with Crippen molar-refractivity contribution in [2.24, 2.45) is 10.4 Å². The van der Waals surface area contributed by atoms with Gasteiger partial charge in [-0.2, -0.15) is 10.4 Å². The molecule has 0 aliphatic heterocycles. The van der Waals surface area contributed by atoms with E-state index in [0.717, 1.165) is 24.6 Å². The molecule has 1 atom stereocenters. The third kappa shape index (κ3) is 7.67. The quantitative estimate of drug-likeness (QED) is 0.190. The minimum Gasteiger partial charge on any atom is -0.382 e. The fourth-order valence-electron chi connectivity index (χ4n) is 3.22. The topological polar surface area (TPSA) is 113 Å². The molecule has 0 saturated heterocycles. The molecular formula is C23H36IN7O. The highest BCUT2D eigenvalue weighted by Gasteiger charge is 2.24. The molecule has 0 aliphatic rings. The van der Waals surface area contributed by atoms with Crippen molar-refractivity contribution in [1.29, 1.82) is 5.26 Å². The molecule has 0 aliphatic carbocycles. The van der Waals surface area contributed by atoms with Crippen LogP contribution in [-0.2, 0) is 11.2 Å². The number of nitrogen functional groups attached to an aromatic ring is 1. The van der Waals surface area contributed by atoms with E-state index in [4.69, 9.17) is 10.5 Å². The van der Waals surface area contributed by atoms with Crippen LogP contribution < -0.4 is 16.4 Å². The summed E-state index contributed by atoms with van der Waals surface area (Å²) < 4.78 is 7.22. The van der Waals surface area contributed by atoms with Crippen LogP contribution in [0.2, 0.25) is 0 Å². The third-order valence-corrected chi connectivity index (χ3v) is 5.00. The Morgan fingerprint density at radius 3 is 2.53 bits per heavy atom. The van der Waals surface area contributed by atoms with Crippen molar-refractivity contribution < 1.29 is 4.74 Å². The lowest BCUT2D eigenvalue weighted by Crippen LogP contribution is -2.39. The second kappa shape index (κ2) is 13.3. The number of aliphatic imine (C=N–C) groups is 1. The molecule has 1 heterocycles. The van der Waals surface area contributed by atoms with Crippen LogP contribution in [0.5, 0.6) is 0 Å². The third-order valence-electron chi connectivity index (χ3n) is 5.00. The zero-order chi connectivity index (χ0) is 22.9. The molecule has 2 aromatic rings. The lowest BCUT2D eigenvalue weighted by atomic mass is 9.89. The Kier molecular flexibility index (Phi) is 11.5. The van der Waals surface area contributed by atoms with Crippen LogP contribution in [-0.4, -0.2) is 48.6 Å². The molecule has 1 aromatic heterocycles. The molecule has 1 unspecified atom stereocenters. The van der Waals surface area contributed by atoms with Crippen LogP contribution in [0.25, 0.3) is 5.69 Å². The standard InChI is InChI=1S/C23H35N7O.HI/c1-6-26-22(28-16-20(31-5)23(2,3)4)27-14-10-13-19-18(15-24)21(25)30(29-19)17-11-8-7-9-12-17;/h7-9,11-12,20H,6,10,13-14,16,25H2,1-5H3,(H2,26,27,28);1H. The number of nitrogens with zero attached hydrogens (tertiary/aromatic N) is 4. The zero-order valence-electron chi connectivity index (χ0n) is 19.7. The van der Waals surface area contributed by atoms with Crippen molar-refractivity contribution in [2.75, 3.05) is 32.5 Å². The number of methoxy groups -OCH3 is 1. The summed E-state index contributed by atoms with van der Waals surface area (Å²) in [6, 6.07) is 11.8. The molecular weight excluding hydrogens is 517 g/mol. The number of aromatic nitrogens is 2. The van der Waals surface area contributed by atoms with E-state index in [0.29, 0.717) is 36.6 Å². The van der Waals surface area contributed by atoms with Gasteiger partial charge in [0.15, 0.2) is 5.96 Å². The number of benzene rings is 1. The van der Waals surface area contributed by atoms with Gasteiger partial charge >= 0.3 is 0 Å². The van der Waals surface area contributed by atoms with Gasteiger partial charge in [0.2, 0.25) is 0 Å². The maximum Gasteiger partial charge on any atom is 0.191 e. The maximum absolute atomic E-state index is 9.55. The van der Waals surface area contributed by atoms with E-state index in [2.05, 4.69) is 47.6 Å². The molecule has 0 amide bonds. The molecule has 176 valence electrons. The molecule has 0 radical (unpaired) electrons. The van der Waals surface area contributed by atoms with Crippen molar-refractivity contribution in [3.8, 4) is 11.8 Å². The minimum absolute atomic E-state index is 0. The Balaban J connectivity index is 0.00000512.